The molecule has 1 aromatic heterocycles. The number of pyridine rings is 1. The monoisotopic (exact) mass is 258 g/mol. The highest BCUT2D eigenvalue weighted by atomic mass is 16.4. The second-order valence-corrected chi connectivity index (χ2v) is 4.97. The van der Waals surface area contributed by atoms with E-state index in [0.717, 1.165) is 11.8 Å². The SMILES string of the molecule is O=C(O)C1(Nc2cc3ccccc3c(=O)[nH]2)CCC1. The smallest absolute Gasteiger partial charge is 0.329 e. The number of nitrogens with one attached hydrogen (secondary N) is 2. The van der Waals surface area contributed by atoms with Crippen LogP contribution in [0.2, 0.25) is 0 Å². The molecule has 5 heteroatoms. The lowest BCUT2D eigenvalue weighted by atomic mass is 9.77. The second-order valence-electron chi connectivity index (χ2n) is 4.97. The number of aromatic nitrogens is 1. The molecule has 0 unspecified atom stereocenters. The molecule has 19 heavy (non-hydrogen) atoms. The first-order chi connectivity index (χ1) is 9.11. The molecule has 0 bridgehead atoms. The van der Waals surface area contributed by atoms with Gasteiger partial charge in [0.25, 0.3) is 5.56 Å². The number of carboxylic acid groups (broad SMARTS) is 1. The van der Waals surface area contributed by atoms with Crippen LogP contribution in [0.5, 0.6) is 0 Å². The number of aliphatic carboxylic acids is 1. The molecule has 1 fully saturated rings. The molecule has 0 saturated heterocycles. The van der Waals surface area contributed by atoms with Crippen molar-refractivity contribution in [1.82, 2.24) is 4.98 Å². The number of carbonyl (C=O) groups is 1. The average molecular weight is 258 g/mol. The Morgan fingerprint density at radius 2 is 2.05 bits per heavy atom. The van der Waals surface area contributed by atoms with Crippen LogP contribution in [0.15, 0.2) is 35.1 Å². The number of anilines is 1. The molecule has 0 radical (unpaired) electrons. The third kappa shape index (κ3) is 1.87. The molecule has 0 spiro atoms. The molecule has 1 saturated carbocycles. The number of hydrogen-bond donors (Lipinski definition) is 3. The highest BCUT2D eigenvalue weighted by molar-refractivity contribution is 5.87. The van der Waals surface area contributed by atoms with E-state index >= 15 is 0 Å². The van der Waals surface area contributed by atoms with Crippen LogP contribution in [0.4, 0.5) is 5.82 Å². The lowest BCUT2D eigenvalue weighted by molar-refractivity contribution is -0.145. The van der Waals surface area contributed by atoms with Gasteiger partial charge in [0, 0.05) is 5.39 Å². The largest absolute Gasteiger partial charge is 0.480 e. The number of H-pyrrole nitrogens is 1. The van der Waals surface area contributed by atoms with Gasteiger partial charge in [-0.1, -0.05) is 18.2 Å². The minimum atomic E-state index is -0.925. The number of rotatable bonds is 3. The summed E-state index contributed by atoms with van der Waals surface area (Å²) < 4.78 is 0. The van der Waals surface area contributed by atoms with Gasteiger partial charge in [-0.3, -0.25) is 4.79 Å². The van der Waals surface area contributed by atoms with E-state index in [2.05, 4.69) is 10.3 Å². The van der Waals surface area contributed by atoms with Crippen molar-refractivity contribution in [3.63, 3.8) is 0 Å². The van der Waals surface area contributed by atoms with Crippen LogP contribution in [0.25, 0.3) is 10.8 Å². The first kappa shape index (κ1) is 11.8. The fraction of sp³-hybridized carbons (Fsp3) is 0.286. The van der Waals surface area contributed by atoms with Crippen LogP contribution in [-0.2, 0) is 4.79 Å². The van der Waals surface area contributed by atoms with Crippen molar-refractivity contribution >= 4 is 22.6 Å². The summed E-state index contributed by atoms with van der Waals surface area (Å²) in [6.45, 7) is 0. The Labute approximate surface area is 109 Å². The number of aromatic amines is 1. The third-order valence-electron chi connectivity index (χ3n) is 3.74. The zero-order valence-electron chi connectivity index (χ0n) is 10.3. The Balaban J connectivity index is 2.02. The fourth-order valence-electron chi connectivity index (χ4n) is 2.46. The predicted octanol–water partition coefficient (Wildman–Crippen LogP) is 1.95. The summed E-state index contributed by atoms with van der Waals surface area (Å²) in [6.07, 6.45) is 2.05. The number of fused-ring (bicyclic) bond motifs is 1. The zero-order valence-corrected chi connectivity index (χ0v) is 10.3. The molecule has 0 aliphatic heterocycles. The molecule has 0 atom stereocenters. The topological polar surface area (TPSA) is 82.2 Å². The first-order valence-electron chi connectivity index (χ1n) is 6.24. The van der Waals surface area contributed by atoms with Gasteiger partial charge in [0.05, 0.1) is 0 Å². The standard InChI is InChI=1S/C14H14N2O3/c17-12-10-5-2-1-4-9(10)8-11(15-12)16-14(13(18)19)6-3-7-14/h1-2,4-5,8H,3,6-7H2,(H,18,19)(H2,15,16,17). The quantitative estimate of drug-likeness (QED) is 0.785. The van der Waals surface area contributed by atoms with E-state index in [9.17, 15) is 14.7 Å². The zero-order chi connectivity index (χ0) is 13.5. The van der Waals surface area contributed by atoms with E-state index in [1.807, 2.05) is 12.1 Å². The van der Waals surface area contributed by atoms with E-state index in [-0.39, 0.29) is 5.56 Å². The van der Waals surface area contributed by atoms with Crippen LogP contribution in [0, 0.1) is 0 Å². The number of carboxylic acids is 1. The maximum absolute atomic E-state index is 11.9. The van der Waals surface area contributed by atoms with Crippen molar-refractivity contribution < 1.29 is 9.90 Å². The van der Waals surface area contributed by atoms with Crippen molar-refractivity contribution in [2.24, 2.45) is 0 Å². The number of benzene rings is 1. The van der Waals surface area contributed by atoms with Crippen molar-refractivity contribution in [2.45, 2.75) is 24.8 Å². The van der Waals surface area contributed by atoms with Crippen LogP contribution in [-0.4, -0.2) is 21.6 Å². The van der Waals surface area contributed by atoms with E-state index in [1.165, 1.54) is 0 Å². The molecule has 3 rings (SSSR count). The third-order valence-corrected chi connectivity index (χ3v) is 3.74. The molecule has 5 nitrogen and oxygen atoms in total. The van der Waals surface area contributed by atoms with Gasteiger partial charge in [0.2, 0.25) is 0 Å². The lowest BCUT2D eigenvalue weighted by Gasteiger charge is -2.38. The van der Waals surface area contributed by atoms with Gasteiger partial charge < -0.3 is 15.4 Å². The van der Waals surface area contributed by atoms with Crippen molar-refractivity contribution in [3.05, 3.63) is 40.7 Å². The van der Waals surface area contributed by atoms with Gasteiger partial charge in [0.1, 0.15) is 11.4 Å². The van der Waals surface area contributed by atoms with Crippen molar-refractivity contribution in [3.8, 4) is 0 Å². The van der Waals surface area contributed by atoms with E-state index < -0.39 is 11.5 Å². The lowest BCUT2D eigenvalue weighted by Crippen LogP contribution is -2.52. The van der Waals surface area contributed by atoms with Gasteiger partial charge in [-0.15, -0.1) is 0 Å². The van der Waals surface area contributed by atoms with Crippen LogP contribution in [0.3, 0.4) is 0 Å². The van der Waals surface area contributed by atoms with Crippen molar-refractivity contribution in [1.29, 1.82) is 0 Å². The Hall–Kier alpha value is -2.30. The molecule has 0 amide bonds. The van der Waals surface area contributed by atoms with Gasteiger partial charge in [-0.2, -0.15) is 0 Å². The summed E-state index contributed by atoms with van der Waals surface area (Å²) in [5.74, 6) is -0.404. The van der Waals surface area contributed by atoms with E-state index in [0.29, 0.717) is 24.0 Å². The summed E-state index contributed by atoms with van der Waals surface area (Å²) in [7, 11) is 0. The second kappa shape index (κ2) is 4.12. The molecule has 2 aromatic rings. The van der Waals surface area contributed by atoms with Crippen molar-refractivity contribution in [2.75, 3.05) is 5.32 Å². The number of hydrogen-bond acceptors (Lipinski definition) is 3. The first-order valence-corrected chi connectivity index (χ1v) is 6.24. The molecule has 1 aromatic carbocycles. The fourth-order valence-corrected chi connectivity index (χ4v) is 2.46. The van der Waals surface area contributed by atoms with Gasteiger partial charge in [-0.05, 0) is 36.8 Å². The van der Waals surface area contributed by atoms with E-state index in [4.69, 9.17) is 0 Å². The highest BCUT2D eigenvalue weighted by Crippen LogP contribution is 2.35. The maximum atomic E-state index is 11.9. The molecule has 3 N–H and O–H groups in total. The summed E-state index contributed by atoms with van der Waals surface area (Å²) in [5, 5.41) is 13.6. The summed E-state index contributed by atoms with van der Waals surface area (Å²) in [4.78, 5) is 25.9. The minimum absolute atomic E-state index is 0.208. The minimum Gasteiger partial charge on any atom is -0.480 e. The Morgan fingerprint density at radius 1 is 1.32 bits per heavy atom. The molecule has 1 aliphatic rings. The van der Waals surface area contributed by atoms with Gasteiger partial charge >= 0.3 is 5.97 Å². The summed E-state index contributed by atoms with van der Waals surface area (Å²) in [6, 6.07) is 9.01. The molecule has 1 aliphatic carbocycles. The predicted molar refractivity (Wildman–Crippen MR) is 72.4 cm³/mol. The molecule has 1 heterocycles. The normalized spacial score (nSPS) is 16.8. The van der Waals surface area contributed by atoms with Gasteiger partial charge in [-0.25, -0.2) is 4.79 Å². The maximum Gasteiger partial charge on any atom is 0.329 e. The Morgan fingerprint density at radius 3 is 2.68 bits per heavy atom. The van der Waals surface area contributed by atoms with Gasteiger partial charge in [0.15, 0.2) is 0 Å². The molecule has 98 valence electrons. The molecular formula is C14H14N2O3. The van der Waals surface area contributed by atoms with Crippen LogP contribution >= 0.6 is 0 Å². The molecular weight excluding hydrogens is 244 g/mol. The Kier molecular flexibility index (Phi) is 2.55. The average Bonchev–Trinajstić information content (AvgIpc) is 2.33. The highest BCUT2D eigenvalue weighted by Gasteiger charge is 2.44. The Bertz CT molecular complexity index is 701. The summed E-state index contributed by atoms with van der Waals surface area (Å²) >= 11 is 0. The van der Waals surface area contributed by atoms with E-state index in [1.54, 1.807) is 18.2 Å². The van der Waals surface area contributed by atoms with Crippen LogP contribution < -0.4 is 10.9 Å². The van der Waals surface area contributed by atoms with Crippen LogP contribution in [0.1, 0.15) is 19.3 Å². The summed E-state index contributed by atoms with van der Waals surface area (Å²) in [5.41, 5.74) is -1.13.